The predicted octanol–water partition coefficient (Wildman–Crippen LogP) is 2.86. The lowest BCUT2D eigenvalue weighted by atomic mass is 9.94. The maximum Gasteiger partial charge on any atom is 0.227 e. The Hall–Kier alpha value is -2.13. The van der Waals surface area contributed by atoms with Crippen molar-refractivity contribution in [3.8, 4) is 0 Å². The Morgan fingerprint density at radius 2 is 1.52 bits per heavy atom. The smallest absolute Gasteiger partial charge is 0.227 e. The van der Waals surface area contributed by atoms with E-state index in [9.17, 15) is 4.79 Å². The zero-order chi connectivity index (χ0) is 14.8. The Morgan fingerprint density at radius 3 is 2.10 bits per heavy atom. The molecule has 108 valence electrons. The van der Waals surface area contributed by atoms with Gasteiger partial charge in [0.2, 0.25) is 5.91 Å². The van der Waals surface area contributed by atoms with Crippen molar-refractivity contribution < 1.29 is 4.79 Å². The van der Waals surface area contributed by atoms with Gasteiger partial charge in [0.05, 0.1) is 5.92 Å². The molecule has 0 bridgehead atoms. The minimum absolute atomic E-state index is 0.127. The fraction of sp³-hybridized carbons (Fsp3) is 0.278. The summed E-state index contributed by atoms with van der Waals surface area (Å²) in [6, 6.07) is 17.8. The number of nitrogens with two attached hydrogens (primary N) is 1. The van der Waals surface area contributed by atoms with Crippen LogP contribution < -0.4 is 5.73 Å². The van der Waals surface area contributed by atoms with E-state index in [1.54, 1.807) is 0 Å². The Labute approximate surface area is 125 Å². The van der Waals surface area contributed by atoms with Crippen LogP contribution in [0.15, 0.2) is 54.6 Å². The number of rotatable bonds is 3. The summed E-state index contributed by atoms with van der Waals surface area (Å²) in [6.07, 6.45) is 0. The monoisotopic (exact) mass is 280 g/mol. The second-order valence-electron chi connectivity index (χ2n) is 5.69. The Balaban J connectivity index is 1.72. The Kier molecular flexibility index (Phi) is 3.76. The summed E-state index contributed by atoms with van der Waals surface area (Å²) >= 11 is 0. The molecule has 0 saturated carbocycles. The molecule has 21 heavy (non-hydrogen) atoms. The zero-order valence-corrected chi connectivity index (χ0v) is 12.2. The van der Waals surface area contributed by atoms with Gasteiger partial charge in [-0.3, -0.25) is 4.79 Å². The molecule has 2 aromatic carbocycles. The van der Waals surface area contributed by atoms with E-state index in [2.05, 4.69) is 12.1 Å². The number of carbonyl (C=O) groups excluding carboxylic acids is 1. The van der Waals surface area contributed by atoms with Crippen LogP contribution in [0.5, 0.6) is 0 Å². The van der Waals surface area contributed by atoms with Crippen LogP contribution in [0.25, 0.3) is 0 Å². The van der Waals surface area contributed by atoms with Gasteiger partial charge in [0.1, 0.15) is 0 Å². The van der Waals surface area contributed by atoms with Gasteiger partial charge in [0, 0.05) is 19.1 Å². The van der Waals surface area contributed by atoms with Crippen molar-refractivity contribution in [1.82, 2.24) is 4.90 Å². The third kappa shape index (κ3) is 2.69. The highest BCUT2D eigenvalue weighted by Gasteiger charge is 2.30. The first kappa shape index (κ1) is 13.8. The van der Waals surface area contributed by atoms with Crippen molar-refractivity contribution >= 4 is 5.91 Å². The van der Waals surface area contributed by atoms with Crippen molar-refractivity contribution in [2.24, 2.45) is 11.7 Å². The normalized spacial score (nSPS) is 16.4. The highest BCUT2D eigenvalue weighted by molar-refractivity contribution is 5.80. The van der Waals surface area contributed by atoms with E-state index >= 15 is 0 Å². The van der Waals surface area contributed by atoms with Crippen molar-refractivity contribution in [2.75, 3.05) is 0 Å². The van der Waals surface area contributed by atoms with Crippen molar-refractivity contribution in [3.63, 3.8) is 0 Å². The highest BCUT2D eigenvalue weighted by Crippen LogP contribution is 2.27. The predicted molar refractivity (Wildman–Crippen MR) is 83.2 cm³/mol. The van der Waals surface area contributed by atoms with Crippen molar-refractivity contribution in [3.05, 3.63) is 71.3 Å². The summed E-state index contributed by atoms with van der Waals surface area (Å²) in [5.74, 6) is -0.0933. The van der Waals surface area contributed by atoms with E-state index in [-0.39, 0.29) is 17.9 Å². The van der Waals surface area contributed by atoms with E-state index < -0.39 is 0 Å². The fourth-order valence-corrected chi connectivity index (χ4v) is 2.89. The molecule has 3 heteroatoms. The van der Waals surface area contributed by atoms with Gasteiger partial charge < -0.3 is 10.6 Å². The molecule has 0 aromatic heterocycles. The molecule has 1 aliphatic rings. The number of benzene rings is 2. The molecule has 3 rings (SSSR count). The highest BCUT2D eigenvalue weighted by atomic mass is 16.2. The molecule has 0 aliphatic carbocycles. The lowest BCUT2D eigenvalue weighted by Gasteiger charge is -2.25. The summed E-state index contributed by atoms with van der Waals surface area (Å²) < 4.78 is 0. The maximum absolute atomic E-state index is 12.7. The van der Waals surface area contributed by atoms with E-state index in [0.717, 1.165) is 5.56 Å². The van der Waals surface area contributed by atoms with Gasteiger partial charge >= 0.3 is 0 Å². The maximum atomic E-state index is 12.7. The number of hydrogen-bond donors (Lipinski definition) is 1. The molecular formula is C18H20N2O. The second-order valence-corrected chi connectivity index (χ2v) is 5.69. The van der Waals surface area contributed by atoms with Gasteiger partial charge in [0.25, 0.3) is 0 Å². The second kappa shape index (κ2) is 5.70. The SMILES string of the molecule is CC(C(=O)N1Cc2ccccc2C1)C(N)c1ccccc1. The number of amides is 1. The van der Waals surface area contributed by atoms with Crippen LogP contribution in [0.1, 0.15) is 29.7 Å². The van der Waals surface area contributed by atoms with Crippen LogP contribution in [0.3, 0.4) is 0 Å². The summed E-state index contributed by atoms with van der Waals surface area (Å²) in [5, 5.41) is 0. The minimum Gasteiger partial charge on any atom is -0.334 e. The van der Waals surface area contributed by atoms with E-state index in [0.29, 0.717) is 13.1 Å². The van der Waals surface area contributed by atoms with Gasteiger partial charge in [-0.2, -0.15) is 0 Å². The van der Waals surface area contributed by atoms with Crippen LogP contribution in [-0.4, -0.2) is 10.8 Å². The van der Waals surface area contributed by atoms with Crippen molar-refractivity contribution in [1.29, 1.82) is 0 Å². The molecule has 1 heterocycles. The lowest BCUT2D eigenvalue weighted by molar-refractivity contribution is -0.136. The molecule has 1 amide bonds. The zero-order valence-electron chi connectivity index (χ0n) is 12.2. The third-order valence-corrected chi connectivity index (χ3v) is 4.27. The molecular weight excluding hydrogens is 260 g/mol. The van der Waals surface area contributed by atoms with Gasteiger partial charge in [-0.05, 0) is 16.7 Å². The van der Waals surface area contributed by atoms with Crippen LogP contribution in [0.2, 0.25) is 0 Å². The summed E-state index contributed by atoms with van der Waals surface area (Å²) in [6.45, 7) is 3.31. The summed E-state index contributed by atoms with van der Waals surface area (Å²) in [5.41, 5.74) is 9.76. The van der Waals surface area contributed by atoms with Crippen molar-refractivity contribution in [2.45, 2.75) is 26.1 Å². The van der Waals surface area contributed by atoms with Crippen LogP contribution in [0, 0.1) is 5.92 Å². The lowest BCUT2D eigenvalue weighted by Crippen LogP contribution is -2.36. The van der Waals surface area contributed by atoms with Gasteiger partial charge in [-0.25, -0.2) is 0 Å². The Morgan fingerprint density at radius 1 is 1.00 bits per heavy atom. The van der Waals surface area contributed by atoms with Gasteiger partial charge in [0.15, 0.2) is 0 Å². The molecule has 0 radical (unpaired) electrons. The standard InChI is InChI=1S/C18H20N2O/c1-13(17(19)14-7-3-2-4-8-14)18(21)20-11-15-9-5-6-10-16(15)12-20/h2-10,13,17H,11-12,19H2,1H3. The largest absolute Gasteiger partial charge is 0.334 e. The average molecular weight is 280 g/mol. The third-order valence-electron chi connectivity index (χ3n) is 4.27. The molecule has 2 N–H and O–H groups in total. The van der Waals surface area contributed by atoms with Gasteiger partial charge in [-0.1, -0.05) is 61.5 Å². The topological polar surface area (TPSA) is 46.3 Å². The van der Waals surface area contributed by atoms with Crippen LogP contribution in [-0.2, 0) is 17.9 Å². The van der Waals surface area contributed by atoms with Gasteiger partial charge in [-0.15, -0.1) is 0 Å². The molecule has 0 fully saturated rings. The number of nitrogens with zero attached hydrogens (tertiary/aromatic N) is 1. The number of hydrogen-bond acceptors (Lipinski definition) is 2. The molecule has 1 aliphatic heterocycles. The first-order valence-electron chi connectivity index (χ1n) is 7.33. The first-order valence-corrected chi connectivity index (χ1v) is 7.33. The Bertz CT molecular complexity index is 614. The van der Waals surface area contributed by atoms with Crippen LogP contribution in [0.4, 0.5) is 0 Å². The fourth-order valence-electron chi connectivity index (χ4n) is 2.89. The molecule has 3 nitrogen and oxygen atoms in total. The molecule has 0 saturated heterocycles. The van der Waals surface area contributed by atoms with E-state index in [1.807, 2.05) is 54.3 Å². The van der Waals surface area contributed by atoms with E-state index in [1.165, 1.54) is 11.1 Å². The molecule has 2 aromatic rings. The first-order chi connectivity index (χ1) is 10.2. The summed E-state index contributed by atoms with van der Waals surface area (Å²) in [7, 11) is 0. The molecule has 0 spiro atoms. The quantitative estimate of drug-likeness (QED) is 0.939. The minimum atomic E-state index is -0.262. The number of carbonyl (C=O) groups is 1. The van der Waals surface area contributed by atoms with Crippen LogP contribution >= 0.6 is 0 Å². The molecule has 2 atom stereocenters. The number of fused-ring (bicyclic) bond motifs is 1. The summed E-state index contributed by atoms with van der Waals surface area (Å²) in [4.78, 5) is 14.6. The molecule has 2 unspecified atom stereocenters. The van der Waals surface area contributed by atoms with E-state index in [4.69, 9.17) is 5.73 Å². The average Bonchev–Trinajstić information content (AvgIpc) is 2.97.